The summed E-state index contributed by atoms with van der Waals surface area (Å²) in [7, 11) is 0. The number of carbonyl (C=O) groups is 1. The van der Waals surface area contributed by atoms with Crippen molar-refractivity contribution in [1.82, 2.24) is 15.5 Å². The summed E-state index contributed by atoms with van der Waals surface area (Å²) >= 11 is 11.8. The summed E-state index contributed by atoms with van der Waals surface area (Å²) in [5.41, 5.74) is 2.84. The molecule has 0 unspecified atom stereocenters. The van der Waals surface area contributed by atoms with Crippen LogP contribution >= 0.6 is 23.2 Å². The van der Waals surface area contributed by atoms with E-state index in [1.165, 1.54) is 17.7 Å². The molecule has 27 heavy (non-hydrogen) atoms. The number of aromatic hydroxyl groups is 1. The number of amides is 1. The van der Waals surface area contributed by atoms with Gasteiger partial charge in [-0.2, -0.15) is 4.98 Å². The first kappa shape index (κ1) is 19.2. The molecule has 0 spiro atoms. The lowest BCUT2D eigenvalue weighted by Gasteiger charge is -2.04. The van der Waals surface area contributed by atoms with Crippen molar-refractivity contribution in [3.05, 3.63) is 63.5 Å². The Kier molecular flexibility index (Phi) is 5.98. The maximum absolute atomic E-state index is 12.2. The predicted molar refractivity (Wildman–Crippen MR) is 103 cm³/mol. The summed E-state index contributed by atoms with van der Waals surface area (Å²) in [6.45, 7) is 2.55. The number of hydrogen-bond donors (Lipinski definition) is 2. The van der Waals surface area contributed by atoms with E-state index in [4.69, 9.17) is 27.7 Å². The standard InChI is InChI=1S/C19H17Cl2N3O3/c1-2-11-3-5-12(6-4-11)7-8-22-18(26)19-23-17(24-27-19)13-9-14(20)16(25)15(21)10-13/h3-6,9-10,25H,2,7-8H2,1H3,(H,22,26). The Morgan fingerprint density at radius 2 is 1.78 bits per heavy atom. The molecule has 3 rings (SSSR count). The van der Waals surface area contributed by atoms with E-state index in [0.29, 0.717) is 18.5 Å². The molecule has 2 N–H and O–H groups in total. The number of nitrogens with zero attached hydrogens (tertiary/aromatic N) is 2. The van der Waals surface area contributed by atoms with Crippen LogP contribution in [-0.2, 0) is 12.8 Å². The first-order chi connectivity index (χ1) is 13.0. The van der Waals surface area contributed by atoms with E-state index in [2.05, 4.69) is 34.5 Å². The third kappa shape index (κ3) is 4.59. The molecule has 140 valence electrons. The first-order valence-corrected chi connectivity index (χ1v) is 9.11. The third-order valence-corrected chi connectivity index (χ3v) is 4.60. The molecular formula is C19H17Cl2N3O3. The van der Waals surface area contributed by atoms with Gasteiger partial charge in [-0.15, -0.1) is 0 Å². The van der Waals surface area contributed by atoms with Gasteiger partial charge in [0.1, 0.15) is 0 Å². The molecule has 0 aliphatic carbocycles. The van der Waals surface area contributed by atoms with Crippen molar-refractivity contribution in [1.29, 1.82) is 0 Å². The Morgan fingerprint density at radius 3 is 2.41 bits per heavy atom. The van der Waals surface area contributed by atoms with E-state index in [9.17, 15) is 9.90 Å². The van der Waals surface area contributed by atoms with Crippen LogP contribution in [0.15, 0.2) is 40.9 Å². The van der Waals surface area contributed by atoms with Crippen LogP contribution in [0.5, 0.6) is 5.75 Å². The number of carbonyl (C=O) groups excluding carboxylic acids is 1. The van der Waals surface area contributed by atoms with Gasteiger partial charge in [0.05, 0.1) is 10.0 Å². The van der Waals surface area contributed by atoms with Crippen LogP contribution in [0.4, 0.5) is 0 Å². The average Bonchev–Trinajstić information content (AvgIpc) is 3.16. The van der Waals surface area contributed by atoms with Crippen LogP contribution < -0.4 is 5.32 Å². The highest BCUT2D eigenvalue weighted by molar-refractivity contribution is 6.37. The molecule has 0 aliphatic rings. The van der Waals surface area contributed by atoms with Gasteiger partial charge in [-0.3, -0.25) is 4.79 Å². The van der Waals surface area contributed by atoms with Crippen LogP contribution in [-0.4, -0.2) is 27.7 Å². The minimum atomic E-state index is -0.463. The lowest BCUT2D eigenvalue weighted by Crippen LogP contribution is -2.26. The number of phenolic OH excluding ortho intramolecular Hbond substituents is 1. The zero-order valence-electron chi connectivity index (χ0n) is 14.5. The van der Waals surface area contributed by atoms with Gasteiger partial charge in [0.15, 0.2) is 5.75 Å². The molecule has 0 fully saturated rings. The molecule has 0 bridgehead atoms. The van der Waals surface area contributed by atoms with E-state index >= 15 is 0 Å². The molecule has 1 amide bonds. The normalized spacial score (nSPS) is 10.8. The maximum atomic E-state index is 12.2. The van der Waals surface area contributed by atoms with Crippen molar-refractivity contribution in [2.24, 2.45) is 0 Å². The number of rotatable bonds is 6. The summed E-state index contributed by atoms with van der Waals surface area (Å²) in [5.74, 6) is -0.698. The van der Waals surface area contributed by atoms with Crippen molar-refractivity contribution in [3.8, 4) is 17.1 Å². The number of benzene rings is 2. The van der Waals surface area contributed by atoms with Gasteiger partial charge in [0.25, 0.3) is 0 Å². The van der Waals surface area contributed by atoms with Crippen molar-refractivity contribution < 1.29 is 14.4 Å². The van der Waals surface area contributed by atoms with Crippen molar-refractivity contribution in [2.45, 2.75) is 19.8 Å². The molecule has 8 heteroatoms. The molecule has 0 aliphatic heterocycles. The van der Waals surface area contributed by atoms with Gasteiger partial charge in [-0.1, -0.05) is 59.5 Å². The largest absolute Gasteiger partial charge is 0.505 e. The third-order valence-electron chi connectivity index (χ3n) is 4.03. The molecule has 0 saturated heterocycles. The number of hydrogen-bond acceptors (Lipinski definition) is 5. The van der Waals surface area contributed by atoms with Crippen molar-refractivity contribution in [3.63, 3.8) is 0 Å². The number of nitrogens with one attached hydrogen (secondary N) is 1. The summed E-state index contributed by atoms with van der Waals surface area (Å²) in [5, 5.41) is 16.2. The van der Waals surface area contributed by atoms with Crippen LogP contribution in [0.1, 0.15) is 28.7 Å². The van der Waals surface area contributed by atoms with Crippen molar-refractivity contribution >= 4 is 29.1 Å². The Bertz CT molecular complexity index is 932. The van der Waals surface area contributed by atoms with E-state index in [-0.39, 0.29) is 27.5 Å². The van der Waals surface area contributed by atoms with Gasteiger partial charge < -0.3 is 14.9 Å². The topological polar surface area (TPSA) is 88.2 Å². The highest BCUT2D eigenvalue weighted by atomic mass is 35.5. The number of aryl methyl sites for hydroxylation is 1. The Hall–Kier alpha value is -2.57. The minimum absolute atomic E-state index is 0.0578. The number of phenols is 1. The fraction of sp³-hybridized carbons (Fsp3) is 0.211. The number of aromatic nitrogens is 2. The van der Waals surface area contributed by atoms with Gasteiger partial charge in [0, 0.05) is 12.1 Å². The van der Waals surface area contributed by atoms with E-state index in [1.807, 2.05) is 12.1 Å². The zero-order valence-corrected chi connectivity index (χ0v) is 16.0. The van der Waals surface area contributed by atoms with Gasteiger partial charge >= 0.3 is 11.8 Å². The monoisotopic (exact) mass is 405 g/mol. The molecule has 0 radical (unpaired) electrons. The second kappa shape index (κ2) is 8.41. The molecule has 1 aromatic heterocycles. The SMILES string of the molecule is CCc1ccc(CCNC(=O)c2nc(-c3cc(Cl)c(O)c(Cl)c3)no2)cc1. The molecular weight excluding hydrogens is 389 g/mol. The lowest BCUT2D eigenvalue weighted by atomic mass is 10.1. The molecule has 6 nitrogen and oxygen atoms in total. The van der Waals surface area contributed by atoms with E-state index in [1.54, 1.807) is 0 Å². The van der Waals surface area contributed by atoms with E-state index in [0.717, 1.165) is 12.0 Å². The Morgan fingerprint density at radius 1 is 1.15 bits per heavy atom. The van der Waals surface area contributed by atoms with Crippen LogP contribution in [0.2, 0.25) is 10.0 Å². The molecule has 3 aromatic rings. The van der Waals surface area contributed by atoms with Crippen LogP contribution in [0, 0.1) is 0 Å². The molecule has 0 atom stereocenters. The summed E-state index contributed by atoms with van der Waals surface area (Å²) in [6.07, 6.45) is 1.69. The second-order valence-electron chi connectivity index (χ2n) is 5.89. The summed E-state index contributed by atoms with van der Waals surface area (Å²) in [6, 6.07) is 11.1. The average molecular weight is 406 g/mol. The van der Waals surface area contributed by atoms with Crippen LogP contribution in [0.3, 0.4) is 0 Å². The Balaban J connectivity index is 1.61. The minimum Gasteiger partial charge on any atom is -0.505 e. The first-order valence-electron chi connectivity index (χ1n) is 8.36. The van der Waals surface area contributed by atoms with E-state index < -0.39 is 5.91 Å². The lowest BCUT2D eigenvalue weighted by molar-refractivity contribution is 0.0910. The predicted octanol–water partition coefficient (Wildman–Crippen LogP) is 4.28. The smallest absolute Gasteiger partial charge is 0.316 e. The Labute approximate surface area is 166 Å². The fourth-order valence-electron chi connectivity index (χ4n) is 2.47. The molecule has 1 heterocycles. The fourth-order valence-corrected chi connectivity index (χ4v) is 2.95. The number of halogens is 2. The van der Waals surface area contributed by atoms with Gasteiger partial charge in [-0.25, -0.2) is 0 Å². The van der Waals surface area contributed by atoms with Gasteiger partial charge in [-0.05, 0) is 36.1 Å². The highest BCUT2D eigenvalue weighted by Crippen LogP contribution is 2.35. The maximum Gasteiger partial charge on any atom is 0.316 e. The summed E-state index contributed by atoms with van der Waals surface area (Å²) in [4.78, 5) is 16.2. The second-order valence-corrected chi connectivity index (χ2v) is 6.70. The van der Waals surface area contributed by atoms with Gasteiger partial charge in [0.2, 0.25) is 5.82 Å². The molecule has 2 aromatic carbocycles. The van der Waals surface area contributed by atoms with Crippen molar-refractivity contribution in [2.75, 3.05) is 6.54 Å². The highest BCUT2D eigenvalue weighted by Gasteiger charge is 2.17. The summed E-state index contributed by atoms with van der Waals surface area (Å²) < 4.78 is 5.00. The molecule has 0 saturated carbocycles. The zero-order chi connectivity index (χ0) is 19.4. The quantitative estimate of drug-likeness (QED) is 0.638. The van der Waals surface area contributed by atoms with Crippen LogP contribution in [0.25, 0.3) is 11.4 Å².